The second-order valence-electron chi connectivity index (χ2n) is 2.51. The van der Waals surface area contributed by atoms with E-state index in [4.69, 9.17) is 5.73 Å². The zero-order valence-corrected chi connectivity index (χ0v) is 8.96. The number of thiazole rings is 1. The van der Waals surface area contributed by atoms with Crippen molar-refractivity contribution in [3.63, 3.8) is 0 Å². The number of nitrogens with one attached hydrogen (secondary N) is 1. The van der Waals surface area contributed by atoms with E-state index < -0.39 is 6.09 Å². The van der Waals surface area contributed by atoms with Gasteiger partial charge < -0.3 is 15.6 Å². The second-order valence-corrected chi connectivity index (χ2v) is 3.54. The predicted octanol–water partition coefficient (Wildman–Crippen LogP) is 0.511. The number of aromatic hydroxyl groups is 1. The third-order valence-electron chi connectivity index (χ3n) is 1.45. The molecular formula is C7H10N4O3S. The van der Waals surface area contributed by atoms with Crippen LogP contribution in [-0.4, -0.2) is 29.0 Å². The molecule has 0 fully saturated rings. The lowest BCUT2D eigenvalue weighted by Crippen LogP contribution is -2.18. The molecule has 0 atom stereocenters. The minimum absolute atomic E-state index is 0.203. The van der Waals surface area contributed by atoms with Crippen LogP contribution in [0.4, 0.5) is 9.93 Å². The van der Waals surface area contributed by atoms with Crippen molar-refractivity contribution in [3.05, 3.63) is 4.88 Å². The number of nitrogens with zero attached hydrogens (tertiary/aromatic N) is 2. The van der Waals surface area contributed by atoms with Crippen LogP contribution in [-0.2, 0) is 4.74 Å². The molecule has 0 aliphatic rings. The molecule has 0 aromatic carbocycles. The maximum Gasteiger partial charge on any atom is 0.427 e. The van der Waals surface area contributed by atoms with E-state index in [2.05, 4.69) is 20.2 Å². The molecule has 0 aliphatic carbocycles. The quantitative estimate of drug-likeness (QED) is 0.506. The van der Waals surface area contributed by atoms with E-state index in [0.717, 1.165) is 11.3 Å². The maximum absolute atomic E-state index is 10.7. The van der Waals surface area contributed by atoms with Gasteiger partial charge in [-0.05, 0) is 6.92 Å². The third-order valence-corrected chi connectivity index (χ3v) is 2.44. The van der Waals surface area contributed by atoms with Crippen molar-refractivity contribution in [3.8, 4) is 5.88 Å². The van der Waals surface area contributed by atoms with Crippen molar-refractivity contribution < 1.29 is 14.6 Å². The number of anilines is 1. The summed E-state index contributed by atoms with van der Waals surface area (Å²) in [5.41, 5.74) is 7.90. The number of aromatic nitrogens is 1. The van der Waals surface area contributed by atoms with Gasteiger partial charge in [0.2, 0.25) is 5.88 Å². The summed E-state index contributed by atoms with van der Waals surface area (Å²) in [5.74, 6) is -0.203. The summed E-state index contributed by atoms with van der Waals surface area (Å²) in [6.07, 6.45) is -0.689. The maximum atomic E-state index is 10.7. The number of hydrogen-bond donors (Lipinski definition) is 3. The van der Waals surface area contributed by atoms with Crippen LogP contribution in [0.2, 0.25) is 0 Å². The first kappa shape index (κ1) is 11.2. The van der Waals surface area contributed by atoms with Gasteiger partial charge in [0.05, 0.1) is 12.8 Å². The fourth-order valence-corrected chi connectivity index (χ4v) is 1.46. The third kappa shape index (κ3) is 2.81. The number of methoxy groups -OCH3 is 1. The highest BCUT2D eigenvalue weighted by Gasteiger charge is 2.11. The summed E-state index contributed by atoms with van der Waals surface area (Å²) in [7, 11) is 1.22. The van der Waals surface area contributed by atoms with Crippen LogP contribution < -0.4 is 11.2 Å². The van der Waals surface area contributed by atoms with Gasteiger partial charge in [0, 0.05) is 0 Å². The van der Waals surface area contributed by atoms with E-state index >= 15 is 0 Å². The number of ether oxygens (including phenoxy) is 1. The Morgan fingerprint density at radius 3 is 2.87 bits per heavy atom. The van der Waals surface area contributed by atoms with Crippen LogP contribution in [0, 0.1) is 0 Å². The molecule has 8 heteroatoms. The molecule has 0 saturated carbocycles. The first-order chi connectivity index (χ1) is 7.04. The van der Waals surface area contributed by atoms with Gasteiger partial charge >= 0.3 is 6.09 Å². The van der Waals surface area contributed by atoms with E-state index in [0.29, 0.717) is 10.6 Å². The molecule has 1 aromatic heterocycles. The molecule has 0 bridgehead atoms. The molecule has 1 heterocycles. The van der Waals surface area contributed by atoms with E-state index in [1.807, 2.05) is 0 Å². The molecule has 0 spiro atoms. The van der Waals surface area contributed by atoms with Crippen molar-refractivity contribution in [1.82, 2.24) is 10.4 Å². The van der Waals surface area contributed by atoms with Crippen molar-refractivity contribution in [2.24, 2.45) is 5.10 Å². The minimum Gasteiger partial charge on any atom is -0.492 e. The monoisotopic (exact) mass is 230 g/mol. The Kier molecular flexibility index (Phi) is 3.45. The molecule has 4 N–H and O–H groups in total. The van der Waals surface area contributed by atoms with Gasteiger partial charge in [0.15, 0.2) is 5.13 Å². The highest BCUT2D eigenvalue weighted by molar-refractivity contribution is 7.17. The molecule has 0 aliphatic heterocycles. The SMILES string of the molecule is COC(=O)N/N=C(\C)c1sc(N)nc1O. The molecule has 1 rings (SSSR count). The Morgan fingerprint density at radius 1 is 1.73 bits per heavy atom. The van der Waals surface area contributed by atoms with Crippen molar-refractivity contribution in [2.75, 3.05) is 12.8 Å². The van der Waals surface area contributed by atoms with E-state index in [1.165, 1.54) is 7.11 Å². The normalized spacial score (nSPS) is 11.2. The fourth-order valence-electron chi connectivity index (χ4n) is 0.790. The second kappa shape index (κ2) is 4.60. The number of rotatable bonds is 2. The Hall–Kier alpha value is -1.83. The Labute approximate surface area is 89.6 Å². The Bertz CT molecular complexity index is 401. The molecule has 0 radical (unpaired) electrons. The largest absolute Gasteiger partial charge is 0.492 e. The van der Waals surface area contributed by atoms with Crippen LogP contribution in [0.1, 0.15) is 11.8 Å². The van der Waals surface area contributed by atoms with Crippen molar-refractivity contribution in [1.29, 1.82) is 0 Å². The number of carbonyl (C=O) groups excluding carboxylic acids is 1. The summed E-state index contributed by atoms with van der Waals surface area (Å²) in [4.78, 5) is 14.7. The standard InChI is InChI=1S/C7H10N4O3S/c1-3(10-11-7(13)14-2)4-5(12)9-6(8)15-4/h12H,1-2H3,(H2,8,9)(H,11,13)/b10-3+. The molecule has 0 unspecified atom stereocenters. The lowest BCUT2D eigenvalue weighted by atomic mass is 10.4. The highest BCUT2D eigenvalue weighted by Crippen LogP contribution is 2.25. The lowest BCUT2D eigenvalue weighted by Gasteiger charge is -1.98. The predicted molar refractivity (Wildman–Crippen MR) is 55.9 cm³/mol. The van der Waals surface area contributed by atoms with Gasteiger partial charge in [-0.2, -0.15) is 10.1 Å². The summed E-state index contributed by atoms with van der Waals surface area (Å²) in [6.45, 7) is 1.60. The summed E-state index contributed by atoms with van der Waals surface area (Å²) < 4.78 is 4.32. The van der Waals surface area contributed by atoms with Crippen LogP contribution >= 0.6 is 11.3 Å². The van der Waals surface area contributed by atoms with Crippen LogP contribution in [0.15, 0.2) is 5.10 Å². The average molecular weight is 230 g/mol. The Morgan fingerprint density at radius 2 is 2.40 bits per heavy atom. The first-order valence-electron chi connectivity index (χ1n) is 3.88. The topological polar surface area (TPSA) is 110 Å². The molecule has 0 saturated heterocycles. The van der Waals surface area contributed by atoms with Gasteiger partial charge in [-0.1, -0.05) is 11.3 Å². The molecule has 82 valence electrons. The highest BCUT2D eigenvalue weighted by atomic mass is 32.1. The summed E-state index contributed by atoms with van der Waals surface area (Å²) in [6, 6.07) is 0. The van der Waals surface area contributed by atoms with Crippen molar-refractivity contribution in [2.45, 2.75) is 6.92 Å². The van der Waals surface area contributed by atoms with Gasteiger partial charge in [-0.3, -0.25) is 0 Å². The number of hydrazone groups is 1. The molecule has 1 amide bonds. The van der Waals surface area contributed by atoms with Crippen LogP contribution in [0.5, 0.6) is 5.88 Å². The number of hydrogen-bond acceptors (Lipinski definition) is 7. The number of nitrogen functional groups attached to an aromatic ring is 1. The van der Waals surface area contributed by atoms with Gasteiger partial charge in [-0.25, -0.2) is 10.2 Å². The summed E-state index contributed by atoms with van der Waals surface area (Å²) >= 11 is 1.08. The average Bonchev–Trinajstić information content (AvgIpc) is 2.53. The molecule has 7 nitrogen and oxygen atoms in total. The zero-order valence-electron chi connectivity index (χ0n) is 8.14. The lowest BCUT2D eigenvalue weighted by molar-refractivity contribution is 0.171. The molecule has 1 aromatic rings. The van der Waals surface area contributed by atoms with Gasteiger partial charge in [0.25, 0.3) is 0 Å². The van der Waals surface area contributed by atoms with Crippen LogP contribution in [0.25, 0.3) is 0 Å². The summed E-state index contributed by atoms with van der Waals surface area (Å²) in [5, 5.41) is 13.2. The molecule has 15 heavy (non-hydrogen) atoms. The van der Waals surface area contributed by atoms with Gasteiger partial charge in [0.1, 0.15) is 4.88 Å². The van der Waals surface area contributed by atoms with E-state index in [-0.39, 0.29) is 11.0 Å². The zero-order chi connectivity index (χ0) is 11.4. The molecular weight excluding hydrogens is 220 g/mol. The number of nitrogens with two attached hydrogens (primary N) is 1. The number of amides is 1. The number of carbonyl (C=O) groups is 1. The smallest absolute Gasteiger partial charge is 0.427 e. The van der Waals surface area contributed by atoms with E-state index in [9.17, 15) is 9.90 Å². The van der Waals surface area contributed by atoms with E-state index in [1.54, 1.807) is 6.92 Å². The van der Waals surface area contributed by atoms with Gasteiger partial charge in [-0.15, -0.1) is 0 Å². The first-order valence-corrected chi connectivity index (χ1v) is 4.70. The van der Waals surface area contributed by atoms with Crippen molar-refractivity contribution >= 4 is 28.3 Å². The minimum atomic E-state index is -0.689. The Balaban J connectivity index is 2.80. The van der Waals surface area contributed by atoms with Crippen LogP contribution in [0.3, 0.4) is 0 Å². The fraction of sp³-hybridized carbons (Fsp3) is 0.286.